The standard InChI is InChI=1S/C20H29NO2/c1-21(15-16-6-3-2-4-7-16)20(12-10-18(22)11-13-20)17-8-5-9-19(23)14-17/h5,8-9,14,16,23H,2-4,6-7,10-13,15H2,1H3. The lowest BCUT2D eigenvalue weighted by Gasteiger charge is -2.46. The minimum Gasteiger partial charge on any atom is -0.508 e. The molecule has 3 nitrogen and oxygen atoms in total. The summed E-state index contributed by atoms with van der Waals surface area (Å²) < 4.78 is 0. The first-order chi connectivity index (χ1) is 11.1. The molecule has 1 N–H and O–H groups in total. The van der Waals surface area contributed by atoms with Crippen LogP contribution in [0, 0.1) is 5.92 Å². The summed E-state index contributed by atoms with van der Waals surface area (Å²) in [6.45, 7) is 1.10. The molecule has 1 aromatic carbocycles. The normalized spacial score (nSPS) is 22.4. The number of nitrogens with zero attached hydrogens (tertiary/aromatic N) is 1. The van der Waals surface area contributed by atoms with Crippen molar-refractivity contribution in [2.45, 2.75) is 63.3 Å². The van der Waals surface area contributed by atoms with Crippen molar-refractivity contribution in [1.82, 2.24) is 4.90 Å². The lowest BCUT2D eigenvalue weighted by atomic mass is 9.74. The van der Waals surface area contributed by atoms with Gasteiger partial charge in [0.05, 0.1) is 0 Å². The zero-order valence-electron chi connectivity index (χ0n) is 14.3. The summed E-state index contributed by atoms with van der Waals surface area (Å²) in [5.74, 6) is 1.48. The number of ketones is 1. The molecule has 0 aliphatic heterocycles. The molecule has 0 heterocycles. The van der Waals surface area contributed by atoms with Gasteiger partial charge in [-0.1, -0.05) is 31.4 Å². The van der Waals surface area contributed by atoms with E-state index in [0.29, 0.717) is 24.4 Å². The number of carbonyl (C=O) groups is 1. The van der Waals surface area contributed by atoms with Gasteiger partial charge in [0.1, 0.15) is 11.5 Å². The highest BCUT2D eigenvalue weighted by Crippen LogP contribution is 2.42. The highest BCUT2D eigenvalue weighted by molar-refractivity contribution is 5.79. The van der Waals surface area contributed by atoms with Gasteiger partial charge < -0.3 is 5.11 Å². The second-order valence-corrected chi connectivity index (χ2v) is 7.51. The first-order valence-corrected chi connectivity index (χ1v) is 9.13. The quantitative estimate of drug-likeness (QED) is 0.903. The Morgan fingerprint density at radius 3 is 2.52 bits per heavy atom. The summed E-state index contributed by atoms with van der Waals surface area (Å²) in [6.07, 6.45) is 9.82. The van der Waals surface area contributed by atoms with Gasteiger partial charge in [-0.05, 0) is 56.3 Å². The van der Waals surface area contributed by atoms with Crippen molar-refractivity contribution in [3.8, 4) is 5.75 Å². The molecule has 1 aromatic rings. The van der Waals surface area contributed by atoms with Crippen molar-refractivity contribution in [1.29, 1.82) is 0 Å². The third-order valence-electron chi connectivity index (χ3n) is 6.01. The van der Waals surface area contributed by atoms with Gasteiger partial charge in [-0.25, -0.2) is 0 Å². The van der Waals surface area contributed by atoms with E-state index in [2.05, 4.69) is 18.0 Å². The van der Waals surface area contributed by atoms with Crippen molar-refractivity contribution in [2.24, 2.45) is 5.92 Å². The molecule has 2 saturated carbocycles. The molecule has 3 heteroatoms. The lowest BCUT2D eigenvalue weighted by molar-refractivity contribution is -0.123. The molecule has 23 heavy (non-hydrogen) atoms. The molecule has 3 rings (SSSR count). The van der Waals surface area contributed by atoms with E-state index in [4.69, 9.17) is 0 Å². The Hall–Kier alpha value is -1.35. The van der Waals surface area contributed by atoms with E-state index in [-0.39, 0.29) is 5.54 Å². The molecule has 0 amide bonds. The van der Waals surface area contributed by atoms with Crippen LogP contribution >= 0.6 is 0 Å². The van der Waals surface area contributed by atoms with Crippen LogP contribution in [-0.2, 0) is 10.3 Å². The van der Waals surface area contributed by atoms with Crippen LogP contribution in [0.1, 0.15) is 63.4 Å². The molecule has 2 fully saturated rings. The number of benzene rings is 1. The Kier molecular flexibility index (Phi) is 5.05. The van der Waals surface area contributed by atoms with Crippen molar-refractivity contribution in [3.05, 3.63) is 29.8 Å². The van der Waals surface area contributed by atoms with Crippen LogP contribution in [0.25, 0.3) is 0 Å². The highest BCUT2D eigenvalue weighted by atomic mass is 16.3. The number of carbonyl (C=O) groups excluding carboxylic acids is 1. The van der Waals surface area contributed by atoms with Gasteiger partial charge in [0.2, 0.25) is 0 Å². The molecule has 0 spiro atoms. The Morgan fingerprint density at radius 2 is 1.87 bits per heavy atom. The molecule has 0 unspecified atom stereocenters. The third-order valence-corrected chi connectivity index (χ3v) is 6.01. The molecule has 0 bridgehead atoms. The number of hydrogen-bond acceptors (Lipinski definition) is 3. The smallest absolute Gasteiger partial charge is 0.133 e. The molecule has 0 saturated heterocycles. The molecular formula is C20H29NO2. The predicted molar refractivity (Wildman–Crippen MR) is 92.5 cm³/mol. The maximum atomic E-state index is 11.8. The number of Topliss-reactive ketones (excluding diaryl/α,β-unsaturated/α-hetero) is 1. The van der Waals surface area contributed by atoms with E-state index >= 15 is 0 Å². The lowest BCUT2D eigenvalue weighted by Crippen LogP contribution is -2.48. The minimum atomic E-state index is -0.0932. The summed E-state index contributed by atoms with van der Waals surface area (Å²) in [5.41, 5.74) is 1.08. The number of hydrogen-bond donors (Lipinski definition) is 1. The maximum absolute atomic E-state index is 11.8. The SMILES string of the molecule is CN(CC1CCCCC1)C1(c2cccc(O)c2)CCC(=O)CC1. The number of rotatable bonds is 4. The van der Waals surface area contributed by atoms with Gasteiger partial charge in [-0.2, -0.15) is 0 Å². The maximum Gasteiger partial charge on any atom is 0.133 e. The second kappa shape index (κ2) is 7.04. The topological polar surface area (TPSA) is 40.5 Å². The number of phenolic OH excluding ortho intramolecular Hbond substituents is 1. The van der Waals surface area contributed by atoms with Gasteiger partial charge in [-0.15, -0.1) is 0 Å². The predicted octanol–water partition coefficient (Wildman–Crippen LogP) is 4.24. The first-order valence-electron chi connectivity index (χ1n) is 9.13. The largest absolute Gasteiger partial charge is 0.508 e. The van der Waals surface area contributed by atoms with E-state index in [1.807, 2.05) is 12.1 Å². The molecule has 2 aliphatic carbocycles. The summed E-state index contributed by atoms with van der Waals surface area (Å²) in [4.78, 5) is 14.3. The molecule has 0 aromatic heterocycles. The summed E-state index contributed by atoms with van der Waals surface area (Å²) in [7, 11) is 2.22. The molecule has 0 atom stereocenters. The van der Waals surface area contributed by atoms with E-state index < -0.39 is 0 Å². The van der Waals surface area contributed by atoms with Crippen LogP contribution in [0.15, 0.2) is 24.3 Å². The average molecular weight is 315 g/mol. The zero-order valence-corrected chi connectivity index (χ0v) is 14.3. The van der Waals surface area contributed by atoms with E-state index in [1.54, 1.807) is 6.07 Å². The second-order valence-electron chi connectivity index (χ2n) is 7.51. The highest BCUT2D eigenvalue weighted by Gasteiger charge is 2.40. The average Bonchev–Trinajstić information content (AvgIpc) is 2.56. The Morgan fingerprint density at radius 1 is 1.17 bits per heavy atom. The molecule has 0 radical (unpaired) electrons. The van der Waals surface area contributed by atoms with Crippen LogP contribution in [0.5, 0.6) is 5.75 Å². The molecule has 2 aliphatic rings. The number of aromatic hydroxyl groups is 1. The Bertz CT molecular complexity index is 538. The van der Waals surface area contributed by atoms with E-state index in [9.17, 15) is 9.90 Å². The summed E-state index contributed by atoms with van der Waals surface area (Å²) in [5, 5.41) is 9.93. The van der Waals surface area contributed by atoms with Crippen LogP contribution in [-0.4, -0.2) is 29.4 Å². The van der Waals surface area contributed by atoms with Crippen LogP contribution in [0.2, 0.25) is 0 Å². The Balaban J connectivity index is 1.83. The molecular weight excluding hydrogens is 286 g/mol. The molecule has 126 valence electrons. The first kappa shape index (κ1) is 16.5. The monoisotopic (exact) mass is 315 g/mol. The van der Waals surface area contributed by atoms with Crippen molar-refractivity contribution in [3.63, 3.8) is 0 Å². The van der Waals surface area contributed by atoms with Crippen molar-refractivity contribution < 1.29 is 9.90 Å². The van der Waals surface area contributed by atoms with Crippen LogP contribution in [0.3, 0.4) is 0 Å². The zero-order chi connectivity index (χ0) is 16.3. The van der Waals surface area contributed by atoms with Crippen molar-refractivity contribution in [2.75, 3.05) is 13.6 Å². The van der Waals surface area contributed by atoms with Crippen LogP contribution in [0.4, 0.5) is 0 Å². The van der Waals surface area contributed by atoms with Crippen molar-refractivity contribution >= 4 is 5.78 Å². The van der Waals surface area contributed by atoms with Crippen LogP contribution < -0.4 is 0 Å². The van der Waals surface area contributed by atoms with Gasteiger partial charge >= 0.3 is 0 Å². The summed E-state index contributed by atoms with van der Waals surface area (Å²) >= 11 is 0. The van der Waals surface area contributed by atoms with E-state index in [1.165, 1.54) is 37.7 Å². The number of phenols is 1. The van der Waals surface area contributed by atoms with E-state index in [0.717, 1.165) is 25.3 Å². The Labute approximate surface area is 139 Å². The summed E-state index contributed by atoms with van der Waals surface area (Å²) in [6, 6.07) is 7.67. The van der Waals surface area contributed by atoms with Gasteiger partial charge in [0.25, 0.3) is 0 Å². The van der Waals surface area contributed by atoms with Gasteiger partial charge in [-0.3, -0.25) is 9.69 Å². The fourth-order valence-electron chi connectivity index (χ4n) is 4.56. The fourth-order valence-corrected chi connectivity index (χ4v) is 4.56. The van der Waals surface area contributed by atoms with Gasteiger partial charge in [0.15, 0.2) is 0 Å². The minimum absolute atomic E-state index is 0.0932. The third kappa shape index (κ3) is 3.60. The van der Waals surface area contributed by atoms with Gasteiger partial charge in [0, 0.05) is 24.9 Å². The fraction of sp³-hybridized carbons (Fsp3) is 0.650.